The molecule has 6 rings (SSSR count). The van der Waals surface area contributed by atoms with Crippen molar-refractivity contribution < 1.29 is 0 Å². The van der Waals surface area contributed by atoms with Crippen molar-refractivity contribution in [2.75, 3.05) is 5.32 Å². The molecule has 33 heavy (non-hydrogen) atoms. The van der Waals surface area contributed by atoms with Crippen molar-refractivity contribution >= 4 is 32.9 Å². The summed E-state index contributed by atoms with van der Waals surface area (Å²) in [6.07, 6.45) is 0. The highest BCUT2D eigenvalue weighted by Gasteiger charge is 2.09. The molecule has 0 aromatic heterocycles. The first kappa shape index (κ1) is 19.3. The summed E-state index contributed by atoms with van der Waals surface area (Å²) in [5.41, 5.74) is 7.08. The largest absolute Gasteiger partial charge is 0.356 e. The summed E-state index contributed by atoms with van der Waals surface area (Å²) in [4.78, 5) is 0. The van der Waals surface area contributed by atoms with Crippen LogP contribution in [-0.2, 0) is 0 Å². The molecule has 1 nitrogen and oxygen atoms in total. The Bertz CT molecular complexity index is 1560. The third kappa shape index (κ3) is 3.75. The van der Waals surface area contributed by atoms with E-state index in [1.54, 1.807) is 0 Å². The number of rotatable bonds is 4. The average molecular weight is 422 g/mol. The minimum Gasteiger partial charge on any atom is -0.356 e. The Morgan fingerprint density at radius 1 is 0.364 bits per heavy atom. The van der Waals surface area contributed by atoms with E-state index in [2.05, 4.69) is 133 Å². The molecule has 0 spiro atoms. The second kappa shape index (κ2) is 8.29. The number of nitrogens with one attached hydrogen (secondary N) is 1. The van der Waals surface area contributed by atoms with Crippen LogP contribution in [0.5, 0.6) is 0 Å². The molecular formula is C32H23N. The molecule has 0 heterocycles. The summed E-state index contributed by atoms with van der Waals surface area (Å²) in [5.74, 6) is 0. The monoisotopic (exact) mass is 421 g/mol. The predicted molar refractivity (Wildman–Crippen MR) is 142 cm³/mol. The van der Waals surface area contributed by atoms with Crippen LogP contribution in [0.25, 0.3) is 43.8 Å². The van der Waals surface area contributed by atoms with E-state index in [-0.39, 0.29) is 0 Å². The highest BCUT2D eigenvalue weighted by Crippen LogP contribution is 2.36. The Kier molecular flexibility index (Phi) is 4.86. The maximum atomic E-state index is 3.58. The van der Waals surface area contributed by atoms with Gasteiger partial charge in [-0.25, -0.2) is 0 Å². The summed E-state index contributed by atoms with van der Waals surface area (Å²) in [6.45, 7) is 0. The summed E-state index contributed by atoms with van der Waals surface area (Å²) in [5, 5.41) is 8.71. The van der Waals surface area contributed by atoms with Gasteiger partial charge in [-0.15, -0.1) is 0 Å². The van der Waals surface area contributed by atoms with E-state index < -0.39 is 0 Å². The summed E-state index contributed by atoms with van der Waals surface area (Å²) in [7, 11) is 0. The zero-order valence-electron chi connectivity index (χ0n) is 18.2. The van der Waals surface area contributed by atoms with Crippen LogP contribution in [0.15, 0.2) is 133 Å². The first-order chi connectivity index (χ1) is 16.3. The van der Waals surface area contributed by atoms with Crippen LogP contribution in [0.3, 0.4) is 0 Å². The summed E-state index contributed by atoms with van der Waals surface area (Å²) >= 11 is 0. The minimum absolute atomic E-state index is 1.08. The van der Waals surface area contributed by atoms with Crippen molar-refractivity contribution in [3.05, 3.63) is 133 Å². The van der Waals surface area contributed by atoms with E-state index in [0.717, 1.165) is 11.4 Å². The molecule has 0 bridgehead atoms. The topological polar surface area (TPSA) is 12.0 Å². The first-order valence-electron chi connectivity index (χ1n) is 11.3. The number of fused-ring (bicyclic) bond motifs is 3. The molecule has 0 aliphatic heterocycles. The van der Waals surface area contributed by atoms with Crippen LogP contribution in [0.2, 0.25) is 0 Å². The van der Waals surface area contributed by atoms with Gasteiger partial charge in [-0.3, -0.25) is 0 Å². The van der Waals surface area contributed by atoms with Crippen LogP contribution < -0.4 is 5.32 Å². The molecular weight excluding hydrogens is 398 g/mol. The van der Waals surface area contributed by atoms with Crippen LogP contribution in [-0.4, -0.2) is 0 Å². The molecule has 0 fully saturated rings. The van der Waals surface area contributed by atoms with Gasteiger partial charge in [0.05, 0.1) is 0 Å². The summed E-state index contributed by atoms with van der Waals surface area (Å²) in [6, 6.07) is 47.4. The molecule has 0 radical (unpaired) electrons. The van der Waals surface area contributed by atoms with E-state index in [4.69, 9.17) is 0 Å². The number of benzene rings is 6. The van der Waals surface area contributed by atoms with Crippen molar-refractivity contribution in [2.45, 2.75) is 0 Å². The van der Waals surface area contributed by atoms with E-state index in [0.29, 0.717) is 0 Å². The minimum atomic E-state index is 1.08. The van der Waals surface area contributed by atoms with Gasteiger partial charge < -0.3 is 5.32 Å². The highest BCUT2D eigenvalue weighted by atomic mass is 14.9. The standard InChI is InChI=1S/C32H23N/c1-2-9-23(10-3-1)24-17-19-27(20-18-24)33-28-13-8-12-25(21-28)32-22-26-11-4-5-14-29(26)30-15-6-7-16-31(30)32/h1-22,33H. The summed E-state index contributed by atoms with van der Waals surface area (Å²) < 4.78 is 0. The zero-order chi connectivity index (χ0) is 22.0. The SMILES string of the molecule is c1ccc(-c2ccc(Nc3cccc(-c4cc5ccccc5c5ccccc45)c3)cc2)cc1. The van der Waals surface area contributed by atoms with Crippen LogP contribution in [0.1, 0.15) is 0 Å². The van der Waals surface area contributed by atoms with Crippen molar-refractivity contribution in [3.63, 3.8) is 0 Å². The van der Waals surface area contributed by atoms with Crippen LogP contribution in [0, 0.1) is 0 Å². The molecule has 6 aromatic carbocycles. The van der Waals surface area contributed by atoms with Gasteiger partial charge in [-0.05, 0) is 74.1 Å². The molecule has 0 saturated carbocycles. The number of anilines is 2. The third-order valence-electron chi connectivity index (χ3n) is 6.22. The molecule has 6 aromatic rings. The number of hydrogen-bond donors (Lipinski definition) is 1. The quantitative estimate of drug-likeness (QED) is 0.280. The fourth-order valence-electron chi connectivity index (χ4n) is 4.60. The molecule has 0 aliphatic carbocycles. The van der Waals surface area contributed by atoms with E-state index in [9.17, 15) is 0 Å². The maximum absolute atomic E-state index is 3.58. The Morgan fingerprint density at radius 3 is 1.82 bits per heavy atom. The maximum Gasteiger partial charge on any atom is 0.0390 e. The molecule has 0 saturated heterocycles. The Labute approximate surface area is 194 Å². The van der Waals surface area contributed by atoms with Crippen molar-refractivity contribution in [1.29, 1.82) is 0 Å². The Hall–Kier alpha value is -4.36. The molecule has 1 N–H and O–H groups in total. The van der Waals surface area contributed by atoms with Crippen molar-refractivity contribution in [3.8, 4) is 22.3 Å². The van der Waals surface area contributed by atoms with Gasteiger partial charge in [-0.1, -0.05) is 103 Å². The lowest BCUT2D eigenvalue weighted by Crippen LogP contribution is -1.91. The van der Waals surface area contributed by atoms with E-state index >= 15 is 0 Å². The smallest absolute Gasteiger partial charge is 0.0390 e. The molecule has 0 amide bonds. The molecule has 0 aliphatic rings. The fraction of sp³-hybridized carbons (Fsp3) is 0. The van der Waals surface area contributed by atoms with Crippen molar-refractivity contribution in [2.24, 2.45) is 0 Å². The van der Waals surface area contributed by atoms with Crippen LogP contribution >= 0.6 is 0 Å². The third-order valence-corrected chi connectivity index (χ3v) is 6.22. The van der Waals surface area contributed by atoms with Gasteiger partial charge in [0.2, 0.25) is 0 Å². The Balaban J connectivity index is 1.36. The van der Waals surface area contributed by atoms with Gasteiger partial charge in [0.1, 0.15) is 0 Å². The zero-order valence-corrected chi connectivity index (χ0v) is 18.2. The molecule has 1 heteroatoms. The first-order valence-corrected chi connectivity index (χ1v) is 11.3. The van der Waals surface area contributed by atoms with Gasteiger partial charge >= 0.3 is 0 Å². The molecule has 0 unspecified atom stereocenters. The normalized spacial score (nSPS) is 11.0. The fourth-order valence-corrected chi connectivity index (χ4v) is 4.60. The lowest BCUT2D eigenvalue weighted by atomic mass is 9.93. The average Bonchev–Trinajstić information content (AvgIpc) is 2.89. The second-order valence-corrected chi connectivity index (χ2v) is 8.34. The Morgan fingerprint density at radius 2 is 1.00 bits per heavy atom. The molecule has 156 valence electrons. The van der Waals surface area contributed by atoms with Gasteiger partial charge in [0, 0.05) is 11.4 Å². The lowest BCUT2D eigenvalue weighted by Gasteiger charge is -2.13. The molecule has 0 atom stereocenters. The highest BCUT2D eigenvalue weighted by molar-refractivity contribution is 6.13. The van der Waals surface area contributed by atoms with Gasteiger partial charge in [0.15, 0.2) is 0 Å². The second-order valence-electron chi connectivity index (χ2n) is 8.34. The van der Waals surface area contributed by atoms with Crippen LogP contribution in [0.4, 0.5) is 11.4 Å². The van der Waals surface area contributed by atoms with Gasteiger partial charge in [0.25, 0.3) is 0 Å². The van der Waals surface area contributed by atoms with Crippen molar-refractivity contribution in [1.82, 2.24) is 0 Å². The predicted octanol–water partition coefficient (Wildman–Crippen LogP) is 9.07. The van der Waals surface area contributed by atoms with E-state index in [1.807, 2.05) is 6.07 Å². The lowest BCUT2D eigenvalue weighted by molar-refractivity contribution is 1.54. The number of hydrogen-bond acceptors (Lipinski definition) is 1. The van der Waals surface area contributed by atoms with Gasteiger partial charge in [-0.2, -0.15) is 0 Å². The van der Waals surface area contributed by atoms with E-state index in [1.165, 1.54) is 43.8 Å².